The fourth-order valence-corrected chi connectivity index (χ4v) is 1.93. The van der Waals surface area contributed by atoms with Crippen molar-refractivity contribution in [3.8, 4) is 0 Å². The van der Waals surface area contributed by atoms with Crippen molar-refractivity contribution in [3.63, 3.8) is 0 Å². The second-order valence-corrected chi connectivity index (χ2v) is 5.22. The van der Waals surface area contributed by atoms with Gasteiger partial charge in [-0.2, -0.15) is 0 Å². The molecule has 0 aliphatic heterocycles. The number of aliphatic hydroxyl groups excluding tert-OH is 1. The third-order valence-electron chi connectivity index (χ3n) is 3.33. The molecule has 1 aliphatic carbocycles. The number of aliphatic hydroxyl groups is 1. The van der Waals surface area contributed by atoms with Crippen LogP contribution in [0.4, 0.5) is 0 Å². The summed E-state index contributed by atoms with van der Waals surface area (Å²) in [5, 5.41) is 20.1. The molecular weight excluding hydrogens is 204 g/mol. The van der Waals surface area contributed by atoms with Gasteiger partial charge in [-0.15, -0.1) is 5.10 Å². The number of hydrogen-bond acceptors (Lipinski definition) is 4. The molecule has 16 heavy (non-hydrogen) atoms. The molecule has 1 heterocycles. The van der Waals surface area contributed by atoms with E-state index >= 15 is 0 Å². The van der Waals surface area contributed by atoms with Crippen LogP contribution in [-0.2, 0) is 13.1 Å². The van der Waals surface area contributed by atoms with Crippen LogP contribution in [-0.4, -0.2) is 33.3 Å². The Labute approximate surface area is 95.8 Å². The minimum atomic E-state index is 0.104. The predicted molar refractivity (Wildman–Crippen MR) is 60.7 cm³/mol. The van der Waals surface area contributed by atoms with Gasteiger partial charge in [0.25, 0.3) is 0 Å². The number of rotatable bonds is 6. The van der Waals surface area contributed by atoms with Crippen molar-refractivity contribution >= 4 is 0 Å². The Bertz CT molecular complexity index is 348. The van der Waals surface area contributed by atoms with E-state index in [0.29, 0.717) is 12.0 Å². The van der Waals surface area contributed by atoms with Gasteiger partial charge in [-0.3, -0.25) is 0 Å². The molecule has 1 saturated carbocycles. The van der Waals surface area contributed by atoms with Crippen molar-refractivity contribution in [1.82, 2.24) is 20.3 Å². The maximum atomic E-state index is 8.74. The molecule has 90 valence electrons. The largest absolute Gasteiger partial charge is 0.394 e. The number of nitrogens with one attached hydrogen (secondary N) is 1. The highest BCUT2D eigenvalue weighted by Gasteiger charge is 2.44. The standard InChI is InChI=1S/C11H20N4O/c1-11(2)5-9(11)6-12-7-10-8-15(3-4-16)14-13-10/h8-9,12,16H,3-7H2,1-2H3. The highest BCUT2D eigenvalue weighted by Crippen LogP contribution is 2.50. The van der Waals surface area contributed by atoms with Crippen LogP contribution < -0.4 is 5.32 Å². The lowest BCUT2D eigenvalue weighted by Crippen LogP contribution is -2.18. The van der Waals surface area contributed by atoms with Crippen LogP contribution in [0.1, 0.15) is 26.0 Å². The van der Waals surface area contributed by atoms with Crippen molar-refractivity contribution in [2.45, 2.75) is 33.4 Å². The smallest absolute Gasteiger partial charge is 0.0964 e. The third kappa shape index (κ3) is 2.80. The SMILES string of the molecule is CC1(C)CC1CNCc1cn(CCO)nn1. The number of nitrogens with zero attached hydrogens (tertiary/aromatic N) is 3. The highest BCUT2D eigenvalue weighted by atomic mass is 16.3. The molecule has 1 atom stereocenters. The quantitative estimate of drug-likeness (QED) is 0.734. The normalized spacial score (nSPS) is 22.3. The molecule has 1 fully saturated rings. The molecule has 1 aliphatic rings. The van der Waals surface area contributed by atoms with Crippen molar-refractivity contribution in [2.24, 2.45) is 11.3 Å². The van der Waals surface area contributed by atoms with Crippen molar-refractivity contribution in [1.29, 1.82) is 0 Å². The summed E-state index contributed by atoms with van der Waals surface area (Å²) in [4.78, 5) is 0. The zero-order valence-corrected chi connectivity index (χ0v) is 9.98. The molecular formula is C11H20N4O. The van der Waals surface area contributed by atoms with E-state index in [4.69, 9.17) is 5.11 Å². The van der Waals surface area contributed by atoms with Gasteiger partial charge in [0.2, 0.25) is 0 Å². The van der Waals surface area contributed by atoms with E-state index in [1.165, 1.54) is 6.42 Å². The van der Waals surface area contributed by atoms with Crippen LogP contribution in [0.3, 0.4) is 0 Å². The lowest BCUT2D eigenvalue weighted by molar-refractivity contribution is 0.268. The Morgan fingerprint density at radius 1 is 1.62 bits per heavy atom. The average molecular weight is 224 g/mol. The Kier molecular flexibility index (Phi) is 3.25. The average Bonchev–Trinajstić information content (AvgIpc) is 2.63. The molecule has 1 aromatic heterocycles. The van der Waals surface area contributed by atoms with Crippen molar-refractivity contribution in [3.05, 3.63) is 11.9 Å². The molecule has 1 unspecified atom stereocenters. The maximum Gasteiger partial charge on any atom is 0.0964 e. The van der Waals surface area contributed by atoms with E-state index in [9.17, 15) is 0 Å². The van der Waals surface area contributed by atoms with E-state index in [0.717, 1.165) is 24.7 Å². The highest BCUT2D eigenvalue weighted by molar-refractivity contribution is 4.97. The fourth-order valence-electron chi connectivity index (χ4n) is 1.93. The van der Waals surface area contributed by atoms with Gasteiger partial charge in [0, 0.05) is 12.7 Å². The van der Waals surface area contributed by atoms with Gasteiger partial charge in [0.1, 0.15) is 0 Å². The molecule has 0 spiro atoms. The summed E-state index contributed by atoms with van der Waals surface area (Å²) in [6.07, 6.45) is 3.19. The molecule has 0 radical (unpaired) electrons. The first kappa shape index (κ1) is 11.5. The van der Waals surface area contributed by atoms with Crippen molar-refractivity contribution < 1.29 is 5.11 Å². The van der Waals surface area contributed by atoms with E-state index in [2.05, 4.69) is 29.5 Å². The number of hydrogen-bond donors (Lipinski definition) is 2. The van der Waals surface area contributed by atoms with Gasteiger partial charge in [-0.05, 0) is 24.3 Å². The summed E-state index contributed by atoms with van der Waals surface area (Å²) in [5.41, 5.74) is 1.47. The number of aromatic nitrogens is 3. The van der Waals surface area contributed by atoms with E-state index in [1.807, 2.05) is 6.20 Å². The lowest BCUT2D eigenvalue weighted by atomic mass is 10.1. The Hall–Kier alpha value is -0.940. The molecule has 2 rings (SSSR count). The Morgan fingerprint density at radius 2 is 2.38 bits per heavy atom. The van der Waals surface area contributed by atoms with Crippen LogP contribution >= 0.6 is 0 Å². The minimum absolute atomic E-state index is 0.104. The summed E-state index contributed by atoms with van der Waals surface area (Å²) in [6, 6.07) is 0. The summed E-state index contributed by atoms with van der Waals surface area (Å²) in [6.45, 7) is 7.04. The monoisotopic (exact) mass is 224 g/mol. The summed E-state index contributed by atoms with van der Waals surface area (Å²) < 4.78 is 1.66. The molecule has 1 aromatic rings. The van der Waals surface area contributed by atoms with Crippen molar-refractivity contribution in [2.75, 3.05) is 13.2 Å². The van der Waals surface area contributed by atoms with E-state index in [1.54, 1.807) is 4.68 Å². The molecule has 5 heteroatoms. The van der Waals surface area contributed by atoms with Crippen LogP contribution in [0.25, 0.3) is 0 Å². The van der Waals surface area contributed by atoms with Gasteiger partial charge in [0.05, 0.1) is 18.8 Å². The Morgan fingerprint density at radius 3 is 3.00 bits per heavy atom. The molecule has 0 saturated heterocycles. The van der Waals surface area contributed by atoms with Gasteiger partial charge < -0.3 is 10.4 Å². The molecule has 0 amide bonds. The van der Waals surface area contributed by atoms with Gasteiger partial charge in [-0.1, -0.05) is 19.1 Å². The zero-order chi connectivity index (χ0) is 11.6. The Balaban J connectivity index is 1.69. The third-order valence-corrected chi connectivity index (χ3v) is 3.33. The summed E-state index contributed by atoms with van der Waals surface area (Å²) in [5.74, 6) is 0.806. The molecule has 2 N–H and O–H groups in total. The summed E-state index contributed by atoms with van der Waals surface area (Å²) >= 11 is 0. The van der Waals surface area contributed by atoms with E-state index < -0.39 is 0 Å². The van der Waals surface area contributed by atoms with Gasteiger partial charge >= 0.3 is 0 Å². The maximum absolute atomic E-state index is 8.74. The second-order valence-electron chi connectivity index (χ2n) is 5.22. The first-order chi connectivity index (χ1) is 7.62. The van der Waals surface area contributed by atoms with E-state index in [-0.39, 0.29) is 6.61 Å². The lowest BCUT2D eigenvalue weighted by Gasteiger charge is -2.03. The van der Waals surface area contributed by atoms with Gasteiger partial charge in [-0.25, -0.2) is 4.68 Å². The predicted octanol–water partition coefficient (Wildman–Crippen LogP) is 0.406. The van der Waals surface area contributed by atoms with Crippen LogP contribution in [0.5, 0.6) is 0 Å². The molecule has 5 nitrogen and oxygen atoms in total. The van der Waals surface area contributed by atoms with Crippen LogP contribution in [0, 0.1) is 11.3 Å². The minimum Gasteiger partial charge on any atom is -0.394 e. The first-order valence-corrected chi connectivity index (χ1v) is 5.82. The topological polar surface area (TPSA) is 63.0 Å². The molecule has 0 aromatic carbocycles. The first-order valence-electron chi connectivity index (χ1n) is 5.82. The van der Waals surface area contributed by atoms with Gasteiger partial charge in [0.15, 0.2) is 0 Å². The molecule has 0 bridgehead atoms. The van der Waals surface area contributed by atoms with Crippen LogP contribution in [0.15, 0.2) is 6.20 Å². The van der Waals surface area contributed by atoms with Crippen LogP contribution in [0.2, 0.25) is 0 Å². The fraction of sp³-hybridized carbons (Fsp3) is 0.818. The zero-order valence-electron chi connectivity index (χ0n) is 9.98. The summed E-state index contributed by atoms with van der Waals surface area (Å²) in [7, 11) is 0. The second kappa shape index (κ2) is 4.51.